The molecule has 3 aromatic carbocycles. The molecule has 3 heteroatoms. The predicted octanol–water partition coefficient (Wildman–Crippen LogP) is 5.36. The smallest absolute Gasteiger partial charge is 0.242 e. The molecule has 0 fully saturated rings. The van der Waals surface area contributed by atoms with Gasteiger partial charge in [0.2, 0.25) is 5.91 Å². The number of fused-ring (bicyclic) bond motifs is 1. The summed E-state index contributed by atoms with van der Waals surface area (Å²) in [5.74, 6) is 0.827. The van der Waals surface area contributed by atoms with E-state index in [9.17, 15) is 4.79 Å². The van der Waals surface area contributed by atoms with Crippen molar-refractivity contribution in [3.05, 3.63) is 95.1 Å². The number of thioether (sulfide) groups is 1. The molecule has 0 N–H and O–H groups in total. The molecule has 0 radical (unpaired) electrons. The van der Waals surface area contributed by atoms with Crippen molar-refractivity contribution in [2.24, 2.45) is 0 Å². The highest BCUT2D eigenvalue weighted by molar-refractivity contribution is 7.99. The molecular formula is C24H23NOS. The maximum absolute atomic E-state index is 13.6. The zero-order valence-corrected chi connectivity index (χ0v) is 16.7. The Balaban J connectivity index is 1.84. The normalized spacial score (nSPS) is 18.6. The minimum absolute atomic E-state index is 0.147. The summed E-state index contributed by atoms with van der Waals surface area (Å²) < 4.78 is 0. The summed E-state index contributed by atoms with van der Waals surface area (Å²) in [4.78, 5) is 16.6. The SMILES string of the molecule is Cc1ccc(SCC2(c3ccccc3)C(=O)N(C)c3ccc(C)cc32)cc1. The summed E-state index contributed by atoms with van der Waals surface area (Å²) in [6, 6.07) is 25.1. The number of anilines is 1. The van der Waals surface area contributed by atoms with E-state index >= 15 is 0 Å². The Labute approximate surface area is 165 Å². The number of hydrogen-bond acceptors (Lipinski definition) is 2. The van der Waals surface area contributed by atoms with Gasteiger partial charge in [-0.1, -0.05) is 65.7 Å². The van der Waals surface area contributed by atoms with Crippen molar-refractivity contribution in [2.45, 2.75) is 24.2 Å². The van der Waals surface area contributed by atoms with E-state index in [-0.39, 0.29) is 5.91 Å². The van der Waals surface area contributed by atoms with Gasteiger partial charge in [-0.25, -0.2) is 0 Å². The molecule has 136 valence electrons. The number of carbonyl (C=O) groups is 1. The summed E-state index contributed by atoms with van der Waals surface area (Å²) in [5, 5.41) is 0. The molecule has 2 nitrogen and oxygen atoms in total. The lowest BCUT2D eigenvalue weighted by atomic mass is 9.76. The van der Waals surface area contributed by atoms with Gasteiger partial charge in [0.1, 0.15) is 5.41 Å². The van der Waals surface area contributed by atoms with E-state index in [1.54, 1.807) is 11.8 Å². The number of hydrogen-bond donors (Lipinski definition) is 0. The molecule has 27 heavy (non-hydrogen) atoms. The van der Waals surface area contributed by atoms with Gasteiger partial charge in [-0.2, -0.15) is 0 Å². The lowest BCUT2D eigenvalue weighted by Crippen LogP contribution is -2.41. The van der Waals surface area contributed by atoms with Gasteiger partial charge in [0.15, 0.2) is 0 Å². The summed E-state index contributed by atoms with van der Waals surface area (Å²) in [5.41, 5.74) is 4.95. The van der Waals surface area contributed by atoms with Crippen LogP contribution in [0.5, 0.6) is 0 Å². The number of carbonyl (C=O) groups excluding carboxylic acids is 1. The average molecular weight is 374 g/mol. The highest BCUT2D eigenvalue weighted by atomic mass is 32.2. The Bertz CT molecular complexity index is 981. The maximum atomic E-state index is 13.6. The van der Waals surface area contributed by atoms with Crippen LogP contribution in [-0.4, -0.2) is 18.7 Å². The van der Waals surface area contributed by atoms with Gasteiger partial charge in [0.25, 0.3) is 0 Å². The number of amides is 1. The number of benzene rings is 3. The molecule has 0 aliphatic carbocycles. The van der Waals surface area contributed by atoms with Crippen LogP contribution in [0.15, 0.2) is 77.7 Å². The number of rotatable bonds is 4. The van der Waals surface area contributed by atoms with E-state index in [1.807, 2.05) is 30.1 Å². The Morgan fingerprint density at radius 2 is 1.56 bits per heavy atom. The first kappa shape index (κ1) is 17.9. The van der Waals surface area contributed by atoms with E-state index in [4.69, 9.17) is 0 Å². The molecule has 1 heterocycles. The van der Waals surface area contributed by atoms with Crippen LogP contribution >= 0.6 is 11.8 Å². The second-order valence-corrected chi connectivity index (χ2v) is 8.31. The summed E-state index contributed by atoms with van der Waals surface area (Å²) in [6.45, 7) is 4.18. The van der Waals surface area contributed by atoms with Gasteiger partial charge in [0, 0.05) is 23.4 Å². The van der Waals surface area contributed by atoms with Crippen molar-refractivity contribution in [2.75, 3.05) is 17.7 Å². The van der Waals surface area contributed by atoms with Crippen molar-refractivity contribution in [3.63, 3.8) is 0 Å². The third-order valence-corrected chi connectivity index (χ3v) is 6.57. The number of aryl methyl sites for hydroxylation is 2. The topological polar surface area (TPSA) is 20.3 Å². The van der Waals surface area contributed by atoms with E-state index in [0.29, 0.717) is 5.75 Å². The Hall–Kier alpha value is -2.52. The standard InChI is InChI=1S/C24H23NOS/c1-17-9-12-20(13-10-17)27-16-24(19-7-5-4-6-8-19)21-15-18(2)11-14-22(21)25(3)23(24)26/h4-15H,16H2,1-3H3. The first-order chi connectivity index (χ1) is 13.0. The van der Waals surface area contributed by atoms with E-state index < -0.39 is 5.41 Å². The van der Waals surface area contributed by atoms with Crippen LogP contribution in [0.1, 0.15) is 22.3 Å². The van der Waals surface area contributed by atoms with Gasteiger partial charge in [-0.05, 0) is 43.2 Å². The number of nitrogens with zero attached hydrogens (tertiary/aromatic N) is 1. The molecule has 1 atom stereocenters. The highest BCUT2D eigenvalue weighted by Crippen LogP contribution is 2.48. The Morgan fingerprint density at radius 1 is 0.889 bits per heavy atom. The van der Waals surface area contributed by atoms with Crippen LogP contribution in [0, 0.1) is 13.8 Å². The number of likely N-dealkylation sites (N-methyl/N-ethyl adjacent to an activating group) is 1. The largest absolute Gasteiger partial charge is 0.314 e. The molecule has 3 aromatic rings. The van der Waals surface area contributed by atoms with Crippen LogP contribution < -0.4 is 4.90 Å². The van der Waals surface area contributed by atoms with E-state index in [0.717, 1.165) is 16.8 Å². The molecule has 0 spiro atoms. The fourth-order valence-electron chi connectivity index (χ4n) is 3.85. The summed E-state index contributed by atoms with van der Waals surface area (Å²) in [7, 11) is 1.89. The lowest BCUT2D eigenvalue weighted by Gasteiger charge is -2.29. The first-order valence-corrected chi connectivity index (χ1v) is 10.2. The zero-order chi connectivity index (χ0) is 19.0. The highest BCUT2D eigenvalue weighted by Gasteiger charge is 2.50. The summed E-state index contributed by atoms with van der Waals surface area (Å²) >= 11 is 1.75. The fraction of sp³-hybridized carbons (Fsp3) is 0.208. The molecule has 1 amide bonds. The molecule has 0 saturated heterocycles. The quantitative estimate of drug-likeness (QED) is 0.574. The molecule has 4 rings (SSSR count). The van der Waals surface area contributed by atoms with Gasteiger partial charge in [0.05, 0.1) is 0 Å². The third-order valence-electron chi connectivity index (χ3n) is 5.39. The summed E-state index contributed by atoms with van der Waals surface area (Å²) in [6.07, 6.45) is 0. The lowest BCUT2D eigenvalue weighted by molar-refractivity contribution is -0.120. The van der Waals surface area contributed by atoms with Crippen molar-refractivity contribution in [3.8, 4) is 0 Å². The maximum Gasteiger partial charge on any atom is 0.242 e. The third kappa shape index (κ3) is 2.96. The monoisotopic (exact) mass is 373 g/mol. The van der Waals surface area contributed by atoms with Crippen molar-refractivity contribution >= 4 is 23.4 Å². The van der Waals surface area contributed by atoms with Crippen molar-refractivity contribution in [1.29, 1.82) is 0 Å². The molecule has 1 aliphatic heterocycles. The minimum Gasteiger partial charge on any atom is -0.314 e. The van der Waals surface area contributed by atoms with Crippen LogP contribution in [0.3, 0.4) is 0 Å². The second-order valence-electron chi connectivity index (χ2n) is 7.26. The molecular weight excluding hydrogens is 350 g/mol. The molecule has 1 unspecified atom stereocenters. The fourth-order valence-corrected chi connectivity index (χ4v) is 5.00. The van der Waals surface area contributed by atoms with Gasteiger partial charge in [-0.15, -0.1) is 11.8 Å². The van der Waals surface area contributed by atoms with Crippen LogP contribution in [0.25, 0.3) is 0 Å². The van der Waals surface area contributed by atoms with Crippen LogP contribution in [0.4, 0.5) is 5.69 Å². The molecule has 0 saturated carbocycles. The predicted molar refractivity (Wildman–Crippen MR) is 114 cm³/mol. The molecule has 1 aliphatic rings. The second kappa shape index (κ2) is 6.90. The van der Waals surface area contributed by atoms with Crippen LogP contribution in [-0.2, 0) is 10.2 Å². The molecule has 0 aromatic heterocycles. The van der Waals surface area contributed by atoms with Gasteiger partial charge in [-0.3, -0.25) is 4.79 Å². The van der Waals surface area contributed by atoms with Crippen molar-refractivity contribution < 1.29 is 4.79 Å². The average Bonchev–Trinajstić information content (AvgIpc) is 2.90. The zero-order valence-electron chi connectivity index (χ0n) is 15.9. The molecule has 0 bridgehead atoms. The Kier molecular flexibility index (Phi) is 4.56. The Morgan fingerprint density at radius 3 is 2.26 bits per heavy atom. The first-order valence-electron chi connectivity index (χ1n) is 9.16. The van der Waals surface area contributed by atoms with E-state index in [2.05, 4.69) is 68.4 Å². The van der Waals surface area contributed by atoms with Gasteiger partial charge >= 0.3 is 0 Å². The van der Waals surface area contributed by atoms with Crippen molar-refractivity contribution in [1.82, 2.24) is 0 Å². The van der Waals surface area contributed by atoms with E-state index in [1.165, 1.54) is 16.0 Å². The minimum atomic E-state index is -0.660. The van der Waals surface area contributed by atoms with Crippen LogP contribution in [0.2, 0.25) is 0 Å². The van der Waals surface area contributed by atoms with Gasteiger partial charge < -0.3 is 4.90 Å².